The van der Waals surface area contributed by atoms with E-state index in [0.717, 1.165) is 18.7 Å². The molecule has 0 aliphatic rings. The van der Waals surface area contributed by atoms with E-state index in [1.165, 1.54) is 0 Å². The molecule has 0 bridgehead atoms. The van der Waals surface area contributed by atoms with Crippen LogP contribution in [0.5, 0.6) is 0 Å². The van der Waals surface area contributed by atoms with Crippen molar-refractivity contribution in [2.45, 2.75) is 19.3 Å². The molecule has 1 unspecified atom stereocenters. The first-order valence-corrected chi connectivity index (χ1v) is 5.58. The normalized spacial score (nSPS) is 12.7. The number of hydrogen-bond acceptors (Lipinski definition) is 2. The van der Waals surface area contributed by atoms with E-state index in [-0.39, 0.29) is 12.3 Å². The Labute approximate surface area is 96.7 Å². The van der Waals surface area contributed by atoms with E-state index in [1.54, 1.807) is 0 Å². The average Bonchev–Trinajstić information content (AvgIpc) is 2.28. The Balaban J connectivity index is 2.75. The largest absolute Gasteiger partial charge is 0.481 e. The van der Waals surface area contributed by atoms with E-state index in [1.807, 2.05) is 37.4 Å². The third-order valence-corrected chi connectivity index (χ3v) is 2.76. The molecule has 0 saturated carbocycles. The topological polar surface area (TPSA) is 40.5 Å². The minimum Gasteiger partial charge on any atom is -0.481 e. The first kappa shape index (κ1) is 12.7. The molecule has 0 amide bonds. The number of benzene rings is 1. The Morgan fingerprint density at radius 2 is 2.00 bits per heavy atom. The molecule has 0 aromatic heterocycles. The number of nitrogens with zero attached hydrogens (tertiary/aromatic N) is 1. The second-order valence-electron chi connectivity index (χ2n) is 4.06. The van der Waals surface area contributed by atoms with Gasteiger partial charge in [-0.1, -0.05) is 37.3 Å². The monoisotopic (exact) mass is 221 g/mol. The van der Waals surface area contributed by atoms with Gasteiger partial charge >= 0.3 is 5.97 Å². The van der Waals surface area contributed by atoms with Gasteiger partial charge in [-0.05, 0) is 19.2 Å². The van der Waals surface area contributed by atoms with Crippen LogP contribution in [0.2, 0.25) is 0 Å². The molecule has 3 nitrogen and oxygen atoms in total. The van der Waals surface area contributed by atoms with Crippen LogP contribution in [0.25, 0.3) is 0 Å². The number of hydrogen-bond donors (Lipinski definition) is 1. The summed E-state index contributed by atoms with van der Waals surface area (Å²) in [6.07, 6.45) is 0.189. The van der Waals surface area contributed by atoms with Crippen LogP contribution < -0.4 is 0 Å². The van der Waals surface area contributed by atoms with Gasteiger partial charge in [-0.15, -0.1) is 0 Å². The minimum absolute atomic E-state index is 0.0728. The minimum atomic E-state index is -0.738. The predicted octanol–water partition coefficient (Wildman–Crippen LogP) is 2.20. The van der Waals surface area contributed by atoms with Gasteiger partial charge in [0.1, 0.15) is 0 Å². The number of carboxylic acid groups (broad SMARTS) is 1. The molecule has 0 fully saturated rings. The van der Waals surface area contributed by atoms with Crippen LogP contribution in [0.15, 0.2) is 30.3 Å². The quantitative estimate of drug-likeness (QED) is 0.800. The lowest BCUT2D eigenvalue weighted by atomic mass is 9.95. The molecule has 88 valence electrons. The van der Waals surface area contributed by atoms with Crippen molar-refractivity contribution in [2.75, 3.05) is 20.1 Å². The van der Waals surface area contributed by atoms with E-state index in [0.29, 0.717) is 0 Å². The third kappa shape index (κ3) is 4.03. The number of rotatable bonds is 6. The van der Waals surface area contributed by atoms with Gasteiger partial charge < -0.3 is 10.0 Å². The summed E-state index contributed by atoms with van der Waals surface area (Å²) in [5.74, 6) is -0.665. The highest BCUT2D eigenvalue weighted by molar-refractivity contribution is 5.68. The summed E-state index contributed by atoms with van der Waals surface area (Å²) >= 11 is 0. The zero-order valence-corrected chi connectivity index (χ0v) is 9.89. The van der Waals surface area contributed by atoms with Gasteiger partial charge in [-0.25, -0.2) is 0 Å². The van der Waals surface area contributed by atoms with Crippen molar-refractivity contribution in [3.8, 4) is 0 Å². The Morgan fingerprint density at radius 3 is 2.50 bits per heavy atom. The van der Waals surface area contributed by atoms with Crippen molar-refractivity contribution in [3.05, 3.63) is 35.9 Å². The Hall–Kier alpha value is -1.35. The second kappa shape index (κ2) is 6.28. The van der Waals surface area contributed by atoms with E-state index in [4.69, 9.17) is 5.11 Å². The molecule has 1 aromatic carbocycles. The maximum Gasteiger partial charge on any atom is 0.304 e. The lowest BCUT2D eigenvalue weighted by Crippen LogP contribution is -2.25. The van der Waals surface area contributed by atoms with Crippen molar-refractivity contribution in [1.29, 1.82) is 0 Å². The molecule has 3 heteroatoms. The average molecular weight is 221 g/mol. The molecule has 1 rings (SSSR count). The van der Waals surface area contributed by atoms with E-state index >= 15 is 0 Å². The summed E-state index contributed by atoms with van der Waals surface area (Å²) in [4.78, 5) is 13.0. The third-order valence-electron chi connectivity index (χ3n) is 2.76. The highest BCUT2D eigenvalue weighted by Crippen LogP contribution is 2.20. The summed E-state index contributed by atoms with van der Waals surface area (Å²) in [5.41, 5.74) is 1.10. The number of carbonyl (C=O) groups is 1. The highest BCUT2D eigenvalue weighted by atomic mass is 16.4. The van der Waals surface area contributed by atoms with Gasteiger partial charge in [0.25, 0.3) is 0 Å². The highest BCUT2D eigenvalue weighted by Gasteiger charge is 2.16. The van der Waals surface area contributed by atoms with E-state index < -0.39 is 5.97 Å². The van der Waals surface area contributed by atoms with E-state index in [9.17, 15) is 4.79 Å². The molecule has 0 heterocycles. The van der Waals surface area contributed by atoms with Crippen LogP contribution in [0.4, 0.5) is 0 Å². The molecule has 0 spiro atoms. The first-order chi connectivity index (χ1) is 7.63. The molecule has 16 heavy (non-hydrogen) atoms. The maximum atomic E-state index is 10.8. The molecule has 1 atom stereocenters. The number of aliphatic carboxylic acids is 1. The molecular weight excluding hydrogens is 202 g/mol. The van der Waals surface area contributed by atoms with Crippen molar-refractivity contribution >= 4 is 5.97 Å². The zero-order chi connectivity index (χ0) is 12.0. The SMILES string of the molecule is CCN(C)CC(CC(=O)O)c1ccccc1. The van der Waals surface area contributed by atoms with E-state index in [2.05, 4.69) is 11.8 Å². The predicted molar refractivity (Wildman–Crippen MR) is 64.6 cm³/mol. The van der Waals surface area contributed by atoms with Crippen molar-refractivity contribution < 1.29 is 9.90 Å². The molecular formula is C13H19NO2. The maximum absolute atomic E-state index is 10.8. The van der Waals surface area contributed by atoms with Crippen LogP contribution in [-0.4, -0.2) is 36.1 Å². The van der Waals surface area contributed by atoms with Gasteiger partial charge in [0.15, 0.2) is 0 Å². The second-order valence-corrected chi connectivity index (χ2v) is 4.06. The summed E-state index contributed by atoms with van der Waals surface area (Å²) in [6, 6.07) is 9.85. The fourth-order valence-electron chi connectivity index (χ4n) is 1.73. The van der Waals surface area contributed by atoms with Gasteiger partial charge in [-0.3, -0.25) is 4.79 Å². The summed E-state index contributed by atoms with van der Waals surface area (Å²) in [5, 5.41) is 8.91. The van der Waals surface area contributed by atoms with Gasteiger partial charge in [0.2, 0.25) is 0 Å². The fraction of sp³-hybridized carbons (Fsp3) is 0.462. The molecule has 1 aromatic rings. The van der Waals surface area contributed by atoms with Crippen LogP contribution in [0.1, 0.15) is 24.8 Å². The summed E-state index contributed by atoms with van der Waals surface area (Å²) in [6.45, 7) is 3.79. The standard InChI is InChI=1S/C13H19NO2/c1-3-14(2)10-12(9-13(15)16)11-7-5-4-6-8-11/h4-8,12H,3,9-10H2,1-2H3,(H,15,16). The molecule has 0 aliphatic heterocycles. The van der Waals surface area contributed by atoms with Crippen molar-refractivity contribution in [2.24, 2.45) is 0 Å². The van der Waals surface area contributed by atoms with Gasteiger partial charge in [-0.2, -0.15) is 0 Å². The molecule has 0 aliphatic carbocycles. The Bertz CT molecular complexity index is 324. The number of likely N-dealkylation sites (N-methyl/N-ethyl adjacent to an activating group) is 1. The summed E-state index contributed by atoms with van der Waals surface area (Å²) < 4.78 is 0. The van der Waals surface area contributed by atoms with Crippen LogP contribution in [0.3, 0.4) is 0 Å². The van der Waals surface area contributed by atoms with Crippen LogP contribution in [0, 0.1) is 0 Å². The smallest absolute Gasteiger partial charge is 0.304 e. The van der Waals surface area contributed by atoms with Crippen molar-refractivity contribution in [3.63, 3.8) is 0 Å². The van der Waals surface area contributed by atoms with Crippen molar-refractivity contribution in [1.82, 2.24) is 4.90 Å². The first-order valence-electron chi connectivity index (χ1n) is 5.58. The lowest BCUT2D eigenvalue weighted by molar-refractivity contribution is -0.137. The van der Waals surface area contributed by atoms with Crippen LogP contribution in [-0.2, 0) is 4.79 Å². The lowest BCUT2D eigenvalue weighted by Gasteiger charge is -2.22. The van der Waals surface area contributed by atoms with Crippen LogP contribution >= 0.6 is 0 Å². The van der Waals surface area contributed by atoms with Gasteiger partial charge in [0.05, 0.1) is 6.42 Å². The number of carboxylic acids is 1. The molecule has 0 saturated heterocycles. The summed E-state index contributed by atoms with van der Waals surface area (Å²) in [7, 11) is 2.01. The fourth-order valence-corrected chi connectivity index (χ4v) is 1.73. The molecule has 1 N–H and O–H groups in total. The zero-order valence-electron chi connectivity index (χ0n) is 9.89. The molecule has 0 radical (unpaired) electrons. The Kier molecular flexibility index (Phi) is 4.99. The Morgan fingerprint density at radius 1 is 1.38 bits per heavy atom. The van der Waals surface area contributed by atoms with Gasteiger partial charge in [0, 0.05) is 12.5 Å².